The molecule has 5 heteroatoms. The fraction of sp³-hybridized carbons (Fsp3) is 0.545. The summed E-state index contributed by atoms with van der Waals surface area (Å²) in [7, 11) is 0. The number of β-amino-alcohol motifs (C(OH)–C–C–N with tert-alkyl or cyclic N) is 1. The molecule has 1 aliphatic rings. The standard InChI is InChI=1S/C11H16N2O2S/c1-7(10-3-2-4-16-10)13-11(15)9-5-8(14)6-12-9/h2-4,7-9,12,14H,5-6H2,1H3,(H,13,15)/t7-,8?,9?/m0/s1. The molecule has 1 amide bonds. The van der Waals surface area contributed by atoms with Gasteiger partial charge in [0.1, 0.15) is 0 Å². The van der Waals surface area contributed by atoms with Gasteiger partial charge >= 0.3 is 0 Å². The number of aliphatic hydroxyl groups is 1. The summed E-state index contributed by atoms with van der Waals surface area (Å²) >= 11 is 1.63. The lowest BCUT2D eigenvalue weighted by molar-refractivity contribution is -0.123. The highest BCUT2D eigenvalue weighted by Gasteiger charge is 2.28. The summed E-state index contributed by atoms with van der Waals surface area (Å²) in [6.45, 7) is 2.47. The second-order valence-electron chi connectivity index (χ2n) is 4.10. The summed E-state index contributed by atoms with van der Waals surface area (Å²) in [6, 6.07) is 3.76. The van der Waals surface area contributed by atoms with Crippen molar-refractivity contribution in [2.24, 2.45) is 0 Å². The Morgan fingerprint density at radius 1 is 1.75 bits per heavy atom. The molecule has 1 saturated heterocycles. The van der Waals surface area contributed by atoms with E-state index in [1.54, 1.807) is 11.3 Å². The number of hydrogen-bond donors (Lipinski definition) is 3. The summed E-state index contributed by atoms with van der Waals surface area (Å²) < 4.78 is 0. The highest BCUT2D eigenvalue weighted by atomic mass is 32.1. The van der Waals surface area contributed by atoms with E-state index in [1.807, 2.05) is 24.4 Å². The Morgan fingerprint density at radius 2 is 2.56 bits per heavy atom. The highest BCUT2D eigenvalue weighted by molar-refractivity contribution is 7.10. The molecule has 1 aromatic heterocycles. The Kier molecular flexibility index (Phi) is 3.58. The lowest BCUT2D eigenvalue weighted by atomic mass is 10.1. The van der Waals surface area contributed by atoms with Crippen molar-refractivity contribution in [3.8, 4) is 0 Å². The molecule has 0 saturated carbocycles. The van der Waals surface area contributed by atoms with Gasteiger partial charge in [0, 0.05) is 11.4 Å². The molecule has 4 nitrogen and oxygen atoms in total. The first kappa shape index (κ1) is 11.6. The van der Waals surface area contributed by atoms with Crippen molar-refractivity contribution in [2.75, 3.05) is 6.54 Å². The van der Waals surface area contributed by atoms with E-state index in [4.69, 9.17) is 0 Å². The lowest BCUT2D eigenvalue weighted by Crippen LogP contribution is -2.41. The van der Waals surface area contributed by atoms with Crippen LogP contribution >= 0.6 is 11.3 Å². The van der Waals surface area contributed by atoms with Gasteiger partial charge in [-0.2, -0.15) is 0 Å². The summed E-state index contributed by atoms with van der Waals surface area (Å²) in [5.41, 5.74) is 0. The molecular weight excluding hydrogens is 224 g/mol. The zero-order chi connectivity index (χ0) is 11.5. The molecule has 88 valence electrons. The van der Waals surface area contributed by atoms with Gasteiger partial charge in [-0.3, -0.25) is 4.79 Å². The second-order valence-corrected chi connectivity index (χ2v) is 5.08. The van der Waals surface area contributed by atoms with Crippen LogP contribution in [0.1, 0.15) is 24.3 Å². The third-order valence-corrected chi connectivity index (χ3v) is 3.81. The normalized spacial score (nSPS) is 26.6. The molecule has 0 bridgehead atoms. The van der Waals surface area contributed by atoms with E-state index in [0.717, 1.165) is 4.88 Å². The lowest BCUT2D eigenvalue weighted by Gasteiger charge is -2.15. The summed E-state index contributed by atoms with van der Waals surface area (Å²) in [6.07, 6.45) is 0.107. The van der Waals surface area contributed by atoms with E-state index < -0.39 is 6.10 Å². The van der Waals surface area contributed by atoms with Crippen molar-refractivity contribution in [3.63, 3.8) is 0 Å². The molecule has 0 aromatic carbocycles. The molecule has 2 heterocycles. The Hall–Kier alpha value is -0.910. The van der Waals surface area contributed by atoms with Crippen molar-refractivity contribution >= 4 is 17.2 Å². The molecule has 2 unspecified atom stereocenters. The maximum absolute atomic E-state index is 11.8. The van der Waals surface area contributed by atoms with E-state index in [-0.39, 0.29) is 18.0 Å². The SMILES string of the molecule is C[C@H](NC(=O)C1CC(O)CN1)c1cccs1. The van der Waals surface area contributed by atoms with Crippen molar-refractivity contribution in [2.45, 2.75) is 31.5 Å². The Labute approximate surface area is 98.7 Å². The van der Waals surface area contributed by atoms with E-state index in [2.05, 4.69) is 10.6 Å². The van der Waals surface area contributed by atoms with Crippen LogP contribution in [0, 0.1) is 0 Å². The molecule has 2 rings (SSSR count). The number of hydrogen-bond acceptors (Lipinski definition) is 4. The number of rotatable bonds is 3. The van der Waals surface area contributed by atoms with Gasteiger partial charge < -0.3 is 15.7 Å². The highest BCUT2D eigenvalue weighted by Crippen LogP contribution is 2.18. The Bertz CT molecular complexity index is 353. The second kappa shape index (κ2) is 4.95. The average molecular weight is 240 g/mol. The Morgan fingerprint density at radius 3 is 3.12 bits per heavy atom. The van der Waals surface area contributed by atoms with Crippen molar-refractivity contribution < 1.29 is 9.90 Å². The van der Waals surface area contributed by atoms with Crippen LogP contribution in [0.3, 0.4) is 0 Å². The molecular formula is C11H16N2O2S. The number of carbonyl (C=O) groups excluding carboxylic acids is 1. The summed E-state index contributed by atoms with van der Waals surface area (Å²) in [4.78, 5) is 13.0. The predicted molar refractivity (Wildman–Crippen MR) is 63.3 cm³/mol. The summed E-state index contributed by atoms with van der Waals surface area (Å²) in [5, 5.41) is 17.3. The van der Waals surface area contributed by atoms with Crippen LogP contribution in [0.4, 0.5) is 0 Å². The van der Waals surface area contributed by atoms with Crippen molar-refractivity contribution in [3.05, 3.63) is 22.4 Å². The largest absolute Gasteiger partial charge is 0.392 e. The van der Waals surface area contributed by atoms with E-state index >= 15 is 0 Å². The minimum absolute atomic E-state index is 0.0301. The fourth-order valence-corrected chi connectivity index (χ4v) is 2.57. The van der Waals surface area contributed by atoms with Crippen LogP contribution in [0.5, 0.6) is 0 Å². The van der Waals surface area contributed by atoms with Gasteiger partial charge in [0.15, 0.2) is 0 Å². The maximum Gasteiger partial charge on any atom is 0.237 e. The molecule has 3 atom stereocenters. The van der Waals surface area contributed by atoms with Gasteiger partial charge in [0.2, 0.25) is 5.91 Å². The van der Waals surface area contributed by atoms with Crippen LogP contribution in [0.25, 0.3) is 0 Å². The van der Waals surface area contributed by atoms with E-state index in [0.29, 0.717) is 13.0 Å². The zero-order valence-electron chi connectivity index (χ0n) is 9.14. The van der Waals surface area contributed by atoms with Crippen molar-refractivity contribution in [1.82, 2.24) is 10.6 Å². The maximum atomic E-state index is 11.8. The molecule has 0 radical (unpaired) electrons. The van der Waals surface area contributed by atoms with Gasteiger partial charge in [0.05, 0.1) is 18.2 Å². The fourth-order valence-electron chi connectivity index (χ4n) is 1.84. The molecule has 1 aromatic rings. The molecule has 1 fully saturated rings. The number of carbonyl (C=O) groups is 1. The van der Waals surface area contributed by atoms with Gasteiger partial charge in [-0.15, -0.1) is 11.3 Å². The van der Waals surface area contributed by atoms with E-state index in [1.165, 1.54) is 0 Å². The number of amides is 1. The van der Waals surface area contributed by atoms with Crippen LogP contribution in [0.15, 0.2) is 17.5 Å². The topological polar surface area (TPSA) is 61.4 Å². The number of aliphatic hydroxyl groups excluding tert-OH is 1. The third kappa shape index (κ3) is 2.61. The molecule has 0 aliphatic carbocycles. The number of thiophene rings is 1. The van der Waals surface area contributed by atoms with Crippen LogP contribution in [-0.2, 0) is 4.79 Å². The minimum Gasteiger partial charge on any atom is -0.392 e. The van der Waals surface area contributed by atoms with Crippen LogP contribution < -0.4 is 10.6 Å². The quantitative estimate of drug-likeness (QED) is 0.727. The van der Waals surface area contributed by atoms with Crippen molar-refractivity contribution in [1.29, 1.82) is 0 Å². The smallest absolute Gasteiger partial charge is 0.237 e. The zero-order valence-corrected chi connectivity index (χ0v) is 9.96. The first-order chi connectivity index (χ1) is 7.66. The first-order valence-corrected chi connectivity index (χ1v) is 6.30. The van der Waals surface area contributed by atoms with Gasteiger partial charge in [-0.1, -0.05) is 6.07 Å². The molecule has 1 aliphatic heterocycles. The molecule has 0 spiro atoms. The monoisotopic (exact) mass is 240 g/mol. The number of nitrogens with one attached hydrogen (secondary N) is 2. The third-order valence-electron chi connectivity index (χ3n) is 2.75. The molecule has 16 heavy (non-hydrogen) atoms. The van der Waals surface area contributed by atoms with Gasteiger partial charge in [0.25, 0.3) is 0 Å². The first-order valence-electron chi connectivity index (χ1n) is 5.42. The molecule has 3 N–H and O–H groups in total. The van der Waals surface area contributed by atoms with E-state index in [9.17, 15) is 9.90 Å². The van der Waals surface area contributed by atoms with Gasteiger partial charge in [-0.25, -0.2) is 0 Å². The summed E-state index contributed by atoms with van der Waals surface area (Å²) in [5.74, 6) is -0.0301. The van der Waals surface area contributed by atoms with Crippen LogP contribution in [-0.4, -0.2) is 29.7 Å². The average Bonchev–Trinajstić information content (AvgIpc) is 2.87. The predicted octanol–water partition coefficient (Wildman–Crippen LogP) is 0.648. The van der Waals surface area contributed by atoms with Crippen LogP contribution in [0.2, 0.25) is 0 Å². The Balaban J connectivity index is 1.88. The minimum atomic E-state index is -0.396. The van der Waals surface area contributed by atoms with Gasteiger partial charge in [-0.05, 0) is 24.8 Å².